The number of ether oxygens (including phenoxy) is 1. The van der Waals surface area contributed by atoms with Crippen LogP contribution in [0.1, 0.15) is 17.2 Å². The van der Waals surface area contributed by atoms with Gasteiger partial charge < -0.3 is 20.3 Å². The molecule has 0 aliphatic heterocycles. The first-order valence-electron chi connectivity index (χ1n) is 8.86. The second-order valence-corrected chi connectivity index (χ2v) is 6.92. The number of nitrogens with zero attached hydrogens (tertiary/aromatic N) is 4. The highest BCUT2D eigenvalue weighted by molar-refractivity contribution is 6.31. The summed E-state index contributed by atoms with van der Waals surface area (Å²) in [5.41, 5.74) is 2.23. The molecule has 7 nitrogen and oxygen atoms in total. The van der Waals surface area contributed by atoms with Crippen LogP contribution >= 0.6 is 11.6 Å². The van der Waals surface area contributed by atoms with Gasteiger partial charge in [0, 0.05) is 44.0 Å². The highest BCUT2D eigenvalue weighted by atomic mass is 35.5. The van der Waals surface area contributed by atoms with Crippen LogP contribution in [-0.2, 0) is 13.5 Å². The maximum atomic E-state index is 6.30. The molecule has 0 radical (unpaired) electrons. The van der Waals surface area contributed by atoms with Crippen LogP contribution in [0.5, 0.6) is 5.75 Å². The summed E-state index contributed by atoms with van der Waals surface area (Å²) in [6.45, 7) is 1.45. The Hall–Kier alpha value is -2.25. The van der Waals surface area contributed by atoms with Crippen molar-refractivity contribution in [1.29, 1.82) is 0 Å². The Kier molecular flexibility index (Phi) is 7.94. The summed E-state index contributed by atoms with van der Waals surface area (Å²) in [5, 5.41) is 11.7. The monoisotopic (exact) mass is 392 g/mol. The van der Waals surface area contributed by atoms with Gasteiger partial charge in [0.25, 0.3) is 0 Å². The van der Waals surface area contributed by atoms with Gasteiger partial charge >= 0.3 is 0 Å². The predicted octanol–water partition coefficient (Wildman–Crippen LogP) is 2.09. The van der Waals surface area contributed by atoms with Crippen LogP contribution in [0.3, 0.4) is 0 Å². The van der Waals surface area contributed by atoms with E-state index in [-0.39, 0.29) is 6.04 Å². The van der Waals surface area contributed by atoms with Crippen molar-refractivity contribution in [3.8, 4) is 5.75 Å². The number of aryl methyl sites for hydroxylation is 1. The molecular weight excluding hydrogens is 364 g/mol. The molecule has 0 spiro atoms. The van der Waals surface area contributed by atoms with Crippen LogP contribution in [0.25, 0.3) is 0 Å². The molecule has 2 rings (SSSR count). The first kappa shape index (κ1) is 21.1. The Labute approximate surface area is 166 Å². The van der Waals surface area contributed by atoms with Crippen LogP contribution in [0.15, 0.2) is 35.6 Å². The Balaban J connectivity index is 1.86. The van der Waals surface area contributed by atoms with E-state index in [4.69, 9.17) is 16.3 Å². The molecule has 27 heavy (non-hydrogen) atoms. The lowest BCUT2D eigenvalue weighted by Gasteiger charge is -2.24. The van der Waals surface area contributed by atoms with Gasteiger partial charge in [0.2, 0.25) is 0 Å². The summed E-state index contributed by atoms with van der Waals surface area (Å²) in [6.07, 6.45) is 4.73. The molecule has 0 saturated heterocycles. The van der Waals surface area contributed by atoms with Crippen molar-refractivity contribution in [3.05, 3.63) is 46.7 Å². The maximum Gasteiger partial charge on any atom is 0.191 e. The van der Waals surface area contributed by atoms with Crippen LogP contribution in [-0.4, -0.2) is 62.0 Å². The minimum absolute atomic E-state index is 0.202. The number of likely N-dealkylation sites (N-methyl/N-ethyl adjacent to an activating group) is 1. The van der Waals surface area contributed by atoms with Crippen molar-refractivity contribution in [2.45, 2.75) is 12.5 Å². The molecule has 8 heteroatoms. The van der Waals surface area contributed by atoms with Gasteiger partial charge in [-0.15, -0.1) is 0 Å². The van der Waals surface area contributed by atoms with E-state index in [0.29, 0.717) is 5.02 Å². The van der Waals surface area contributed by atoms with Crippen molar-refractivity contribution in [2.24, 2.45) is 12.0 Å². The van der Waals surface area contributed by atoms with Crippen LogP contribution in [0.2, 0.25) is 5.02 Å². The number of aliphatic imine (C=N–C) groups is 1. The van der Waals surface area contributed by atoms with E-state index >= 15 is 0 Å². The van der Waals surface area contributed by atoms with Gasteiger partial charge in [-0.25, -0.2) is 0 Å². The first-order chi connectivity index (χ1) is 12.9. The molecule has 0 aliphatic carbocycles. The molecule has 0 fully saturated rings. The SMILES string of the molecule is CN=C(NCCc1ccc(OC)cc1Cl)NCC(c1cnn(C)c1)N(C)C. The number of aromatic nitrogens is 2. The fraction of sp³-hybridized carbons (Fsp3) is 0.474. The third-order valence-electron chi connectivity index (χ3n) is 4.37. The number of nitrogens with one attached hydrogen (secondary N) is 2. The van der Waals surface area contributed by atoms with E-state index in [9.17, 15) is 0 Å². The fourth-order valence-corrected chi connectivity index (χ4v) is 3.06. The van der Waals surface area contributed by atoms with Crippen LogP contribution < -0.4 is 15.4 Å². The van der Waals surface area contributed by atoms with Crippen LogP contribution in [0, 0.1) is 0 Å². The van der Waals surface area contributed by atoms with E-state index in [2.05, 4.69) is 39.7 Å². The number of methoxy groups -OCH3 is 1. The summed E-state index contributed by atoms with van der Waals surface area (Å²) < 4.78 is 7.00. The molecule has 0 saturated carbocycles. The molecular formula is C19H29ClN6O. The van der Waals surface area contributed by atoms with Gasteiger partial charge in [-0.1, -0.05) is 17.7 Å². The molecule has 2 N–H and O–H groups in total. The second-order valence-electron chi connectivity index (χ2n) is 6.51. The summed E-state index contributed by atoms with van der Waals surface area (Å²) in [4.78, 5) is 6.46. The minimum Gasteiger partial charge on any atom is -0.497 e. The van der Waals surface area contributed by atoms with Gasteiger partial charge in [0.1, 0.15) is 5.75 Å². The van der Waals surface area contributed by atoms with Gasteiger partial charge in [0.15, 0.2) is 5.96 Å². The van der Waals surface area contributed by atoms with Crippen molar-refractivity contribution < 1.29 is 4.74 Å². The summed E-state index contributed by atoms with van der Waals surface area (Å²) in [5.74, 6) is 1.52. The molecule has 1 heterocycles. The molecule has 0 amide bonds. The summed E-state index contributed by atoms with van der Waals surface area (Å²) in [7, 11) is 9.44. The number of guanidine groups is 1. The quantitative estimate of drug-likeness (QED) is 0.532. The van der Waals surface area contributed by atoms with Gasteiger partial charge in [0.05, 0.1) is 19.3 Å². The van der Waals surface area contributed by atoms with Crippen molar-refractivity contribution >= 4 is 17.6 Å². The largest absolute Gasteiger partial charge is 0.497 e. The lowest BCUT2D eigenvalue weighted by atomic mass is 10.1. The highest BCUT2D eigenvalue weighted by Gasteiger charge is 2.16. The average Bonchev–Trinajstić information content (AvgIpc) is 3.07. The number of halogens is 1. The zero-order chi connectivity index (χ0) is 19.8. The summed E-state index contributed by atoms with van der Waals surface area (Å²) >= 11 is 6.30. The van der Waals surface area contributed by atoms with E-state index in [1.807, 2.05) is 42.3 Å². The third-order valence-corrected chi connectivity index (χ3v) is 4.72. The highest BCUT2D eigenvalue weighted by Crippen LogP contribution is 2.22. The van der Waals surface area contributed by atoms with E-state index in [1.54, 1.807) is 14.2 Å². The Morgan fingerprint density at radius 1 is 1.37 bits per heavy atom. The predicted molar refractivity (Wildman–Crippen MR) is 111 cm³/mol. The fourth-order valence-electron chi connectivity index (χ4n) is 2.80. The number of rotatable bonds is 8. The Bertz CT molecular complexity index is 758. The molecule has 0 aliphatic rings. The number of hydrogen-bond acceptors (Lipinski definition) is 4. The molecule has 2 aromatic rings. The lowest BCUT2D eigenvalue weighted by molar-refractivity contribution is 0.298. The van der Waals surface area contributed by atoms with Crippen molar-refractivity contribution in [3.63, 3.8) is 0 Å². The smallest absolute Gasteiger partial charge is 0.191 e. The topological polar surface area (TPSA) is 66.7 Å². The molecule has 1 unspecified atom stereocenters. The summed E-state index contributed by atoms with van der Waals surface area (Å²) in [6, 6.07) is 5.95. The maximum absolute atomic E-state index is 6.30. The average molecular weight is 393 g/mol. The molecule has 148 valence electrons. The molecule has 1 atom stereocenters. The van der Waals surface area contributed by atoms with E-state index in [1.165, 1.54) is 0 Å². The van der Waals surface area contributed by atoms with Crippen LogP contribution in [0.4, 0.5) is 0 Å². The van der Waals surface area contributed by atoms with Gasteiger partial charge in [-0.3, -0.25) is 9.67 Å². The first-order valence-corrected chi connectivity index (χ1v) is 9.24. The van der Waals surface area contributed by atoms with Gasteiger partial charge in [-0.2, -0.15) is 5.10 Å². The normalized spacial score (nSPS) is 12.9. The molecule has 1 aromatic carbocycles. The van der Waals surface area contributed by atoms with E-state index in [0.717, 1.165) is 42.3 Å². The standard InChI is InChI=1S/C19H29ClN6O/c1-21-19(22-9-8-14-6-7-16(27-5)10-17(14)20)23-12-18(25(2)3)15-11-24-26(4)13-15/h6-7,10-11,13,18H,8-9,12H2,1-5H3,(H2,21,22,23). The zero-order valence-corrected chi connectivity index (χ0v) is 17.4. The zero-order valence-electron chi connectivity index (χ0n) is 16.7. The number of hydrogen-bond donors (Lipinski definition) is 2. The van der Waals surface area contributed by atoms with Gasteiger partial charge in [-0.05, 0) is 38.2 Å². The number of benzene rings is 1. The Morgan fingerprint density at radius 3 is 2.70 bits per heavy atom. The second kappa shape index (κ2) is 10.2. The molecule has 1 aromatic heterocycles. The Morgan fingerprint density at radius 2 is 2.15 bits per heavy atom. The minimum atomic E-state index is 0.202. The lowest BCUT2D eigenvalue weighted by Crippen LogP contribution is -2.42. The third kappa shape index (κ3) is 6.15. The molecule has 0 bridgehead atoms. The van der Waals surface area contributed by atoms with Crippen molar-refractivity contribution in [1.82, 2.24) is 25.3 Å². The van der Waals surface area contributed by atoms with E-state index < -0.39 is 0 Å². The van der Waals surface area contributed by atoms with Crippen molar-refractivity contribution in [2.75, 3.05) is 41.3 Å².